The Hall–Kier alpha value is -0.770. The van der Waals surface area contributed by atoms with Crippen molar-refractivity contribution < 1.29 is 9.47 Å². The highest BCUT2D eigenvalue weighted by atomic mass is 35.5. The number of benzene rings is 1. The molecule has 1 heterocycles. The van der Waals surface area contributed by atoms with E-state index < -0.39 is 0 Å². The molecule has 2 rings (SSSR count). The first-order chi connectivity index (χ1) is 8.29. The van der Waals surface area contributed by atoms with Crippen LogP contribution in [0.1, 0.15) is 13.3 Å². The minimum absolute atomic E-state index is 0.0740. The van der Waals surface area contributed by atoms with Crippen LogP contribution >= 0.6 is 11.6 Å². The van der Waals surface area contributed by atoms with Crippen LogP contribution in [0.5, 0.6) is 5.75 Å². The number of hydrogen-bond donors (Lipinski definition) is 1. The van der Waals surface area contributed by atoms with Crippen LogP contribution in [-0.2, 0) is 4.74 Å². The molecule has 1 saturated heterocycles. The molecule has 0 aliphatic carbocycles. The van der Waals surface area contributed by atoms with Crippen LogP contribution in [0.25, 0.3) is 0 Å². The molecule has 0 aromatic heterocycles. The number of halogens is 1. The second-order valence-electron chi connectivity index (χ2n) is 4.14. The molecule has 0 spiro atoms. The zero-order chi connectivity index (χ0) is 12.1. The van der Waals surface area contributed by atoms with Crippen LogP contribution in [0.4, 0.5) is 0 Å². The molecule has 94 valence electrons. The molecule has 1 aromatic rings. The van der Waals surface area contributed by atoms with Gasteiger partial charge in [0.05, 0.1) is 6.61 Å². The molecule has 0 bridgehead atoms. The lowest BCUT2D eigenvalue weighted by molar-refractivity contribution is -0.0143. The molecule has 1 aliphatic heterocycles. The number of hydrogen-bond acceptors (Lipinski definition) is 3. The van der Waals surface area contributed by atoms with E-state index in [2.05, 4.69) is 12.2 Å². The maximum absolute atomic E-state index is 5.93. The fourth-order valence-corrected chi connectivity index (χ4v) is 2.14. The molecule has 4 heteroatoms. The summed E-state index contributed by atoms with van der Waals surface area (Å²) < 4.78 is 11.4. The normalized spacial score (nSPS) is 24.6. The molecule has 1 aromatic carbocycles. The van der Waals surface area contributed by atoms with Gasteiger partial charge in [0.25, 0.3) is 0 Å². The fourth-order valence-electron chi connectivity index (χ4n) is 2.01. The Kier molecular flexibility index (Phi) is 4.66. The Balaban J connectivity index is 1.97. The Bertz CT molecular complexity index is 340. The van der Waals surface area contributed by atoms with Gasteiger partial charge in [-0.25, -0.2) is 0 Å². The highest BCUT2D eigenvalue weighted by molar-refractivity contribution is 6.30. The lowest BCUT2D eigenvalue weighted by Gasteiger charge is -2.32. The third-order valence-electron chi connectivity index (χ3n) is 2.87. The lowest BCUT2D eigenvalue weighted by Crippen LogP contribution is -2.49. The summed E-state index contributed by atoms with van der Waals surface area (Å²) in [6.45, 7) is 4.50. The summed E-state index contributed by atoms with van der Waals surface area (Å²) in [5, 5.41) is 4.16. The lowest BCUT2D eigenvalue weighted by atomic mass is 10.1. The van der Waals surface area contributed by atoms with Crippen LogP contribution in [0, 0.1) is 0 Å². The van der Waals surface area contributed by atoms with Crippen molar-refractivity contribution in [1.82, 2.24) is 5.32 Å². The van der Waals surface area contributed by atoms with E-state index in [-0.39, 0.29) is 6.10 Å². The van der Waals surface area contributed by atoms with Crippen molar-refractivity contribution >= 4 is 11.6 Å². The van der Waals surface area contributed by atoms with E-state index in [1.807, 2.05) is 24.3 Å². The standard InChI is InChI=1S/C13H18ClNO2/c1-2-15-12-7-8-16-9-13(12)17-11-5-3-10(14)4-6-11/h3-6,12-13,15H,2,7-9H2,1H3. The van der Waals surface area contributed by atoms with Gasteiger partial charge in [-0.05, 0) is 37.2 Å². The topological polar surface area (TPSA) is 30.5 Å². The van der Waals surface area contributed by atoms with Gasteiger partial charge >= 0.3 is 0 Å². The van der Waals surface area contributed by atoms with E-state index in [9.17, 15) is 0 Å². The van der Waals surface area contributed by atoms with Gasteiger partial charge in [-0.1, -0.05) is 18.5 Å². The van der Waals surface area contributed by atoms with Gasteiger partial charge in [0.1, 0.15) is 11.9 Å². The zero-order valence-electron chi connectivity index (χ0n) is 9.99. The zero-order valence-corrected chi connectivity index (χ0v) is 10.7. The predicted octanol–water partition coefficient (Wildman–Crippen LogP) is 2.49. The smallest absolute Gasteiger partial charge is 0.137 e. The monoisotopic (exact) mass is 255 g/mol. The number of likely N-dealkylation sites (N-methyl/N-ethyl adjacent to an activating group) is 1. The Morgan fingerprint density at radius 3 is 2.88 bits per heavy atom. The first-order valence-corrected chi connectivity index (χ1v) is 6.40. The van der Waals surface area contributed by atoms with Gasteiger partial charge in [0.15, 0.2) is 0 Å². The molecular weight excluding hydrogens is 238 g/mol. The average Bonchev–Trinajstić information content (AvgIpc) is 2.35. The summed E-state index contributed by atoms with van der Waals surface area (Å²) in [7, 11) is 0. The Labute approximate surface area is 107 Å². The van der Waals surface area contributed by atoms with Crippen molar-refractivity contribution in [1.29, 1.82) is 0 Å². The van der Waals surface area contributed by atoms with Crippen molar-refractivity contribution in [3.05, 3.63) is 29.3 Å². The summed E-state index contributed by atoms with van der Waals surface area (Å²) in [6.07, 6.45) is 1.07. The highest BCUT2D eigenvalue weighted by Gasteiger charge is 2.26. The van der Waals surface area contributed by atoms with E-state index in [1.165, 1.54) is 0 Å². The average molecular weight is 256 g/mol. The van der Waals surface area contributed by atoms with E-state index >= 15 is 0 Å². The molecule has 0 amide bonds. The SMILES string of the molecule is CCNC1CCOCC1Oc1ccc(Cl)cc1. The largest absolute Gasteiger partial charge is 0.486 e. The number of rotatable bonds is 4. The molecule has 2 unspecified atom stereocenters. The van der Waals surface area contributed by atoms with E-state index in [0.29, 0.717) is 12.6 Å². The van der Waals surface area contributed by atoms with Gasteiger partial charge in [0.2, 0.25) is 0 Å². The van der Waals surface area contributed by atoms with Gasteiger partial charge in [-0.2, -0.15) is 0 Å². The fraction of sp³-hybridized carbons (Fsp3) is 0.538. The molecule has 1 aliphatic rings. The third-order valence-corrected chi connectivity index (χ3v) is 3.12. The quantitative estimate of drug-likeness (QED) is 0.897. The number of nitrogens with one attached hydrogen (secondary N) is 1. The van der Waals surface area contributed by atoms with E-state index in [0.717, 1.165) is 30.3 Å². The van der Waals surface area contributed by atoms with Gasteiger partial charge in [0, 0.05) is 17.7 Å². The first kappa shape index (κ1) is 12.7. The van der Waals surface area contributed by atoms with Gasteiger partial charge < -0.3 is 14.8 Å². The third kappa shape index (κ3) is 3.60. The maximum atomic E-state index is 5.93. The second-order valence-corrected chi connectivity index (χ2v) is 4.57. The van der Waals surface area contributed by atoms with Crippen molar-refractivity contribution in [3.63, 3.8) is 0 Å². The van der Waals surface area contributed by atoms with Crippen molar-refractivity contribution in [2.75, 3.05) is 19.8 Å². The first-order valence-electron chi connectivity index (χ1n) is 6.03. The van der Waals surface area contributed by atoms with Crippen LogP contribution in [0.2, 0.25) is 5.02 Å². The van der Waals surface area contributed by atoms with Gasteiger partial charge in [-0.15, -0.1) is 0 Å². The van der Waals surface area contributed by atoms with Crippen LogP contribution in [-0.4, -0.2) is 31.9 Å². The Morgan fingerprint density at radius 2 is 2.18 bits per heavy atom. The molecule has 17 heavy (non-hydrogen) atoms. The minimum Gasteiger partial charge on any atom is -0.486 e. The summed E-state index contributed by atoms with van der Waals surface area (Å²) in [5.41, 5.74) is 0. The summed E-state index contributed by atoms with van der Waals surface area (Å²) in [4.78, 5) is 0. The summed E-state index contributed by atoms with van der Waals surface area (Å²) in [6, 6.07) is 7.82. The molecule has 0 saturated carbocycles. The van der Waals surface area contributed by atoms with E-state index in [1.54, 1.807) is 0 Å². The number of ether oxygens (including phenoxy) is 2. The molecule has 0 radical (unpaired) electrons. The van der Waals surface area contributed by atoms with Crippen molar-refractivity contribution in [2.24, 2.45) is 0 Å². The Morgan fingerprint density at radius 1 is 1.41 bits per heavy atom. The minimum atomic E-state index is 0.0740. The second kappa shape index (κ2) is 6.24. The summed E-state index contributed by atoms with van der Waals surface area (Å²) in [5.74, 6) is 0.841. The van der Waals surface area contributed by atoms with Crippen LogP contribution < -0.4 is 10.1 Å². The molecule has 2 atom stereocenters. The van der Waals surface area contributed by atoms with E-state index in [4.69, 9.17) is 21.1 Å². The van der Waals surface area contributed by atoms with Crippen LogP contribution in [0.3, 0.4) is 0 Å². The maximum Gasteiger partial charge on any atom is 0.137 e. The molecular formula is C13H18ClNO2. The molecule has 1 N–H and O–H groups in total. The predicted molar refractivity (Wildman–Crippen MR) is 68.8 cm³/mol. The highest BCUT2D eigenvalue weighted by Crippen LogP contribution is 2.20. The molecule has 3 nitrogen and oxygen atoms in total. The van der Waals surface area contributed by atoms with Crippen molar-refractivity contribution in [2.45, 2.75) is 25.5 Å². The van der Waals surface area contributed by atoms with Crippen molar-refractivity contribution in [3.8, 4) is 5.75 Å². The molecule has 1 fully saturated rings. The summed E-state index contributed by atoms with van der Waals surface area (Å²) >= 11 is 5.84. The van der Waals surface area contributed by atoms with Gasteiger partial charge in [-0.3, -0.25) is 0 Å². The van der Waals surface area contributed by atoms with Crippen LogP contribution in [0.15, 0.2) is 24.3 Å².